The fraction of sp³-hybridized carbons (Fsp3) is 0.360. The molecule has 8 nitrogen and oxygen atoms in total. The fourth-order valence-electron chi connectivity index (χ4n) is 4.41. The summed E-state index contributed by atoms with van der Waals surface area (Å²) in [6.07, 6.45) is 3.75. The Bertz CT molecular complexity index is 1190. The summed E-state index contributed by atoms with van der Waals surface area (Å²) in [6.45, 7) is 4.92. The molecule has 180 valence electrons. The van der Waals surface area contributed by atoms with Gasteiger partial charge in [0.05, 0.1) is 24.0 Å². The van der Waals surface area contributed by atoms with Gasteiger partial charge in [-0.3, -0.25) is 9.59 Å². The summed E-state index contributed by atoms with van der Waals surface area (Å²) in [6, 6.07) is 13.7. The second-order valence-electron chi connectivity index (χ2n) is 8.28. The highest BCUT2D eigenvalue weighted by Gasteiger charge is 2.33. The number of rotatable bonds is 6. The van der Waals surface area contributed by atoms with Crippen LogP contribution in [-0.4, -0.2) is 67.1 Å². The summed E-state index contributed by atoms with van der Waals surface area (Å²) >= 11 is 0. The molecule has 9 heteroatoms. The molecule has 0 radical (unpaired) electrons. The SMILES string of the molecule is CCOc1ccc(S(=O)(=O)N2CCN(C(=O)C[C@@H]3c4ccccc4C=CN3C(C)=O)CC2)cc1. The summed E-state index contributed by atoms with van der Waals surface area (Å²) < 4.78 is 32.9. The van der Waals surface area contributed by atoms with Gasteiger partial charge in [-0.2, -0.15) is 4.31 Å². The molecule has 2 heterocycles. The molecule has 0 N–H and O–H groups in total. The molecule has 4 rings (SSSR count). The van der Waals surface area contributed by atoms with Gasteiger partial charge in [0.15, 0.2) is 0 Å². The molecule has 2 aromatic carbocycles. The van der Waals surface area contributed by atoms with Crippen molar-refractivity contribution < 1.29 is 22.7 Å². The number of carbonyl (C=O) groups excluding carboxylic acids is 2. The zero-order valence-corrected chi connectivity index (χ0v) is 20.2. The number of piperazine rings is 1. The van der Waals surface area contributed by atoms with Gasteiger partial charge in [-0.1, -0.05) is 24.3 Å². The van der Waals surface area contributed by atoms with Crippen LogP contribution in [0.25, 0.3) is 6.08 Å². The molecule has 2 amide bonds. The monoisotopic (exact) mass is 483 g/mol. The first-order chi connectivity index (χ1) is 16.3. The number of benzene rings is 2. The Morgan fingerprint density at radius 3 is 2.32 bits per heavy atom. The van der Waals surface area contributed by atoms with Crippen LogP contribution in [0.2, 0.25) is 0 Å². The third-order valence-corrected chi connectivity index (χ3v) is 8.11. The van der Waals surface area contributed by atoms with E-state index in [0.29, 0.717) is 25.4 Å². The summed E-state index contributed by atoms with van der Waals surface area (Å²) in [4.78, 5) is 28.8. The molecule has 0 bridgehead atoms. The molecule has 0 aliphatic carbocycles. The number of ether oxygens (including phenoxy) is 1. The van der Waals surface area contributed by atoms with Crippen LogP contribution in [0.3, 0.4) is 0 Å². The molecule has 2 aliphatic heterocycles. The van der Waals surface area contributed by atoms with Gasteiger partial charge in [0.2, 0.25) is 21.8 Å². The highest BCUT2D eigenvalue weighted by Crippen LogP contribution is 2.33. The second-order valence-corrected chi connectivity index (χ2v) is 10.2. The van der Waals surface area contributed by atoms with Crippen LogP contribution in [0, 0.1) is 0 Å². The number of carbonyl (C=O) groups is 2. The number of amides is 2. The first-order valence-electron chi connectivity index (χ1n) is 11.4. The number of hydrogen-bond donors (Lipinski definition) is 0. The van der Waals surface area contributed by atoms with Crippen molar-refractivity contribution in [3.05, 3.63) is 65.9 Å². The van der Waals surface area contributed by atoms with Crippen molar-refractivity contribution in [1.82, 2.24) is 14.1 Å². The predicted octanol–water partition coefficient (Wildman–Crippen LogP) is 2.88. The van der Waals surface area contributed by atoms with E-state index in [1.54, 1.807) is 40.3 Å². The Kier molecular flexibility index (Phi) is 7.04. The average molecular weight is 484 g/mol. The van der Waals surface area contributed by atoms with Gasteiger partial charge in [0.25, 0.3) is 0 Å². The molecule has 0 spiro atoms. The van der Waals surface area contributed by atoms with Gasteiger partial charge in [0.1, 0.15) is 5.75 Å². The number of nitrogens with zero attached hydrogens (tertiary/aromatic N) is 3. The van der Waals surface area contributed by atoms with Gasteiger partial charge < -0.3 is 14.5 Å². The smallest absolute Gasteiger partial charge is 0.243 e. The number of hydrogen-bond acceptors (Lipinski definition) is 5. The van der Waals surface area contributed by atoms with E-state index in [-0.39, 0.29) is 42.3 Å². The minimum atomic E-state index is -3.65. The molecule has 1 saturated heterocycles. The summed E-state index contributed by atoms with van der Waals surface area (Å²) in [7, 11) is -3.65. The van der Waals surface area contributed by atoms with Crippen molar-refractivity contribution in [3.63, 3.8) is 0 Å². The van der Waals surface area contributed by atoms with Gasteiger partial charge >= 0.3 is 0 Å². The third kappa shape index (κ3) is 4.85. The van der Waals surface area contributed by atoms with Gasteiger partial charge in [-0.05, 0) is 48.4 Å². The predicted molar refractivity (Wildman–Crippen MR) is 128 cm³/mol. The van der Waals surface area contributed by atoms with Gasteiger partial charge in [-0.15, -0.1) is 0 Å². The van der Waals surface area contributed by atoms with Crippen molar-refractivity contribution in [3.8, 4) is 5.75 Å². The lowest BCUT2D eigenvalue weighted by Crippen LogP contribution is -2.51. The normalized spacial score (nSPS) is 18.5. The van der Waals surface area contributed by atoms with E-state index in [1.807, 2.05) is 37.3 Å². The highest BCUT2D eigenvalue weighted by molar-refractivity contribution is 7.89. The van der Waals surface area contributed by atoms with Crippen molar-refractivity contribution in [1.29, 1.82) is 0 Å². The van der Waals surface area contributed by atoms with Crippen LogP contribution in [-0.2, 0) is 19.6 Å². The quantitative estimate of drug-likeness (QED) is 0.631. The Balaban J connectivity index is 1.41. The van der Waals surface area contributed by atoms with Gasteiger partial charge in [-0.25, -0.2) is 8.42 Å². The van der Waals surface area contributed by atoms with E-state index in [0.717, 1.165) is 11.1 Å². The topological polar surface area (TPSA) is 87.2 Å². The van der Waals surface area contributed by atoms with Crippen LogP contribution in [0.4, 0.5) is 0 Å². The maximum absolute atomic E-state index is 13.2. The minimum absolute atomic E-state index is 0.0977. The van der Waals surface area contributed by atoms with Crippen molar-refractivity contribution in [2.45, 2.75) is 31.2 Å². The Morgan fingerprint density at radius 2 is 1.68 bits per heavy atom. The van der Waals surface area contributed by atoms with Crippen LogP contribution in [0.15, 0.2) is 59.6 Å². The first kappa shape index (κ1) is 24.0. The van der Waals surface area contributed by atoms with E-state index in [9.17, 15) is 18.0 Å². The zero-order valence-electron chi connectivity index (χ0n) is 19.4. The summed E-state index contributed by atoms with van der Waals surface area (Å²) in [5.74, 6) is 0.393. The van der Waals surface area contributed by atoms with Crippen LogP contribution < -0.4 is 4.74 Å². The van der Waals surface area contributed by atoms with Crippen LogP contribution >= 0.6 is 0 Å². The van der Waals surface area contributed by atoms with E-state index >= 15 is 0 Å². The van der Waals surface area contributed by atoms with Crippen molar-refractivity contribution >= 4 is 27.9 Å². The maximum atomic E-state index is 13.2. The molecule has 0 saturated carbocycles. The lowest BCUT2D eigenvalue weighted by atomic mass is 9.93. The molecule has 0 aromatic heterocycles. The second kappa shape index (κ2) is 9.99. The molecular weight excluding hydrogens is 454 g/mol. The minimum Gasteiger partial charge on any atom is -0.494 e. The lowest BCUT2D eigenvalue weighted by molar-refractivity contribution is -0.135. The summed E-state index contributed by atoms with van der Waals surface area (Å²) in [5, 5.41) is 0. The van der Waals surface area contributed by atoms with E-state index in [2.05, 4.69) is 0 Å². The molecule has 1 atom stereocenters. The molecule has 0 unspecified atom stereocenters. The van der Waals surface area contributed by atoms with Crippen LogP contribution in [0.5, 0.6) is 5.75 Å². The van der Waals surface area contributed by atoms with Crippen LogP contribution in [0.1, 0.15) is 37.4 Å². The number of fused-ring (bicyclic) bond motifs is 1. The van der Waals surface area contributed by atoms with Gasteiger partial charge in [0, 0.05) is 39.3 Å². The molecule has 1 fully saturated rings. The van der Waals surface area contributed by atoms with Crippen molar-refractivity contribution in [2.75, 3.05) is 32.8 Å². The lowest BCUT2D eigenvalue weighted by Gasteiger charge is -2.37. The Morgan fingerprint density at radius 1 is 1.00 bits per heavy atom. The van der Waals surface area contributed by atoms with E-state index < -0.39 is 10.0 Å². The molecular formula is C25H29N3O5S. The molecule has 2 aliphatic rings. The third-order valence-electron chi connectivity index (χ3n) is 6.20. The number of sulfonamides is 1. The maximum Gasteiger partial charge on any atom is 0.243 e. The largest absolute Gasteiger partial charge is 0.494 e. The molecule has 2 aromatic rings. The first-order valence-corrected chi connectivity index (χ1v) is 12.8. The van der Waals surface area contributed by atoms with E-state index in [1.165, 1.54) is 11.2 Å². The summed E-state index contributed by atoms with van der Waals surface area (Å²) in [5.41, 5.74) is 1.93. The Hall–Kier alpha value is -3.17. The van der Waals surface area contributed by atoms with Crippen molar-refractivity contribution in [2.24, 2.45) is 0 Å². The highest BCUT2D eigenvalue weighted by atomic mass is 32.2. The zero-order chi connectivity index (χ0) is 24.3. The van der Waals surface area contributed by atoms with E-state index in [4.69, 9.17) is 4.74 Å². The Labute approximate surface area is 200 Å². The fourth-order valence-corrected chi connectivity index (χ4v) is 5.83. The molecule has 34 heavy (non-hydrogen) atoms. The standard InChI is InChI=1S/C25H29N3O5S/c1-3-33-21-8-10-22(11-9-21)34(31,32)27-16-14-26(15-17-27)25(30)18-24-23-7-5-4-6-20(23)12-13-28(24)19(2)29/h4-13,24H,3,14-18H2,1-2H3/t24-/m1/s1. The average Bonchev–Trinajstić information content (AvgIpc) is 2.84.